The molecule has 0 radical (unpaired) electrons. The van der Waals surface area contributed by atoms with Crippen LogP contribution in [-0.2, 0) is 20.9 Å². The fourth-order valence-corrected chi connectivity index (χ4v) is 3.62. The first-order valence-electron chi connectivity index (χ1n) is 9.45. The summed E-state index contributed by atoms with van der Waals surface area (Å²) in [5.74, 6) is -1.07. The molecule has 1 N–H and O–H groups in total. The topological polar surface area (TPSA) is 79.0 Å². The summed E-state index contributed by atoms with van der Waals surface area (Å²) in [5, 5.41) is 2.61. The van der Waals surface area contributed by atoms with Crippen molar-refractivity contribution < 1.29 is 19.1 Å². The number of piperidine rings is 1. The van der Waals surface area contributed by atoms with Gasteiger partial charge in [-0.3, -0.25) is 19.8 Å². The molecule has 7 nitrogen and oxygen atoms in total. The lowest BCUT2D eigenvalue weighted by Gasteiger charge is -2.32. The van der Waals surface area contributed by atoms with E-state index in [2.05, 4.69) is 11.9 Å². The van der Waals surface area contributed by atoms with E-state index in [1.54, 1.807) is 17.1 Å². The molecule has 29 heavy (non-hydrogen) atoms. The Morgan fingerprint density at radius 3 is 2.79 bits per heavy atom. The third-order valence-corrected chi connectivity index (χ3v) is 5.14. The number of nitrogens with one attached hydrogen (secondary N) is 1. The molecular weight excluding hydrogens is 390 g/mol. The lowest BCUT2D eigenvalue weighted by Crippen LogP contribution is -2.54. The van der Waals surface area contributed by atoms with Crippen LogP contribution in [0.4, 0.5) is 4.79 Å². The number of nitrogens with zero attached hydrogens (tertiary/aromatic N) is 2. The van der Waals surface area contributed by atoms with E-state index in [1.165, 1.54) is 4.90 Å². The van der Waals surface area contributed by atoms with Gasteiger partial charge < -0.3 is 9.64 Å². The maximum Gasteiger partial charge on any atom is 0.410 e. The smallest absolute Gasteiger partial charge is 0.410 e. The summed E-state index contributed by atoms with van der Waals surface area (Å²) in [5.41, 5.74) is 0.962. The molecule has 2 aliphatic heterocycles. The van der Waals surface area contributed by atoms with E-state index in [1.807, 2.05) is 30.3 Å². The number of ether oxygens (including phenoxy) is 1. The maximum atomic E-state index is 12.6. The zero-order valence-electron chi connectivity index (χ0n) is 16.0. The second kappa shape index (κ2) is 9.47. The van der Waals surface area contributed by atoms with Crippen LogP contribution in [0.1, 0.15) is 18.4 Å². The standard InChI is InChI=1S/C21H23N3O4S/c1-2-10-24-19(26)17(18(25)22-20(24)29)12-16-9-6-11-23(13-16)21(27)28-14-15-7-4-3-5-8-15/h2-5,7-8,12,16H,1,6,9-11,13-14H2,(H,22,25,29)/b17-12+. The van der Waals surface area contributed by atoms with Gasteiger partial charge in [0.1, 0.15) is 12.2 Å². The van der Waals surface area contributed by atoms with Crippen molar-refractivity contribution in [3.8, 4) is 0 Å². The third-order valence-electron chi connectivity index (χ3n) is 4.82. The van der Waals surface area contributed by atoms with Gasteiger partial charge in [-0.1, -0.05) is 42.5 Å². The summed E-state index contributed by atoms with van der Waals surface area (Å²) in [6.07, 6.45) is 4.33. The monoisotopic (exact) mass is 413 g/mol. The highest BCUT2D eigenvalue weighted by molar-refractivity contribution is 7.80. The van der Waals surface area contributed by atoms with E-state index in [0.717, 1.165) is 18.4 Å². The highest BCUT2D eigenvalue weighted by atomic mass is 32.1. The number of rotatable bonds is 5. The van der Waals surface area contributed by atoms with Crippen molar-refractivity contribution in [2.75, 3.05) is 19.6 Å². The quantitative estimate of drug-likeness (QED) is 0.347. The van der Waals surface area contributed by atoms with E-state index in [9.17, 15) is 14.4 Å². The number of hydrogen-bond donors (Lipinski definition) is 1. The molecule has 0 saturated carbocycles. The average Bonchev–Trinajstić information content (AvgIpc) is 2.73. The van der Waals surface area contributed by atoms with Crippen LogP contribution in [0.3, 0.4) is 0 Å². The Labute approximate surface area is 175 Å². The molecule has 2 fully saturated rings. The van der Waals surface area contributed by atoms with Crippen LogP contribution in [-0.4, -0.2) is 52.5 Å². The van der Waals surface area contributed by atoms with Crippen molar-refractivity contribution in [3.63, 3.8) is 0 Å². The number of carbonyl (C=O) groups is 3. The van der Waals surface area contributed by atoms with Crippen molar-refractivity contribution in [3.05, 3.63) is 60.2 Å². The summed E-state index contributed by atoms with van der Waals surface area (Å²) in [4.78, 5) is 40.2. The number of thiocarbonyl (C=S) groups is 1. The van der Waals surface area contributed by atoms with E-state index < -0.39 is 17.9 Å². The minimum absolute atomic E-state index is 0.0463. The number of hydrogen-bond acceptors (Lipinski definition) is 5. The lowest BCUT2D eigenvalue weighted by molar-refractivity contribution is -0.128. The Morgan fingerprint density at radius 2 is 2.07 bits per heavy atom. The zero-order valence-corrected chi connectivity index (χ0v) is 16.8. The van der Waals surface area contributed by atoms with Gasteiger partial charge in [0, 0.05) is 19.6 Å². The van der Waals surface area contributed by atoms with Gasteiger partial charge in [-0.05, 0) is 36.5 Å². The first-order chi connectivity index (χ1) is 14.0. The van der Waals surface area contributed by atoms with Gasteiger partial charge in [0.05, 0.1) is 0 Å². The fourth-order valence-electron chi connectivity index (χ4n) is 3.37. The van der Waals surface area contributed by atoms with E-state index in [4.69, 9.17) is 17.0 Å². The summed E-state index contributed by atoms with van der Waals surface area (Å²) < 4.78 is 5.39. The molecule has 2 aliphatic rings. The molecule has 2 saturated heterocycles. The first kappa shape index (κ1) is 20.7. The summed E-state index contributed by atoms with van der Waals surface area (Å²) in [6, 6.07) is 9.46. The van der Waals surface area contributed by atoms with Gasteiger partial charge in [-0.25, -0.2) is 4.79 Å². The Kier molecular flexibility index (Phi) is 6.77. The highest BCUT2D eigenvalue weighted by Crippen LogP contribution is 2.22. The molecule has 1 atom stereocenters. The molecule has 1 unspecified atom stereocenters. The number of amides is 3. The summed E-state index contributed by atoms with van der Waals surface area (Å²) >= 11 is 5.06. The summed E-state index contributed by atoms with van der Waals surface area (Å²) in [6.45, 7) is 5.01. The number of carbonyl (C=O) groups excluding carboxylic acids is 3. The molecule has 152 valence electrons. The second-order valence-corrected chi connectivity index (χ2v) is 7.32. The molecule has 1 aromatic carbocycles. The number of likely N-dealkylation sites (tertiary alicyclic amines) is 1. The van der Waals surface area contributed by atoms with Crippen molar-refractivity contribution in [2.45, 2.75) is 19.4 Å². The van der Waals surface area contributed by atoms with Gasteiger partial charge in [0.25, 0.3) is 11.8 Å². The van der Waals surface area contributed by atoms with Gasteiger partial charge >= 0.3 is 6.09 Å². The normalized spacial score (nSPS) is 21.2. The van der Waals surface area contributed by atoms with E-state index in [0.29, 0.717) is 13.1 Å². The van der Waals surface area contributed by atoms with Gasteiger partial charge in [0.2, 0.25) is 0 Å². The highest BCUT2D eigenvalue weighted by Gasteiger charge is 2.34. The van der Waals surface area contributed by atoms with Crippen molar-refractivity contribution in [1.29, 1.82) is 0 Å². The van der Waals surface area contributed by atoms with Crippen LogP contribution in [0.15, 0.2) is 54.6 Å². The minimum Gasteiger partial charge on any atom is -0.445 e. The van der Waals surface area contributed by atoms with Crippen molar-refractivity contribution in [2.24, 2.45) is 5.92 Å². The molecule has 3 rings (SSSR count). The van der Waals surface area contributed by atoms with E-state index in [-0.39, 0.29) is 29.8 Å². The molecule has 8 heteroatoms. The van der Waals surface area contributed by atoms with E-state index >= 15 is 0 Å². The van der Waals surface area contributed by atoms with Crippen LogP contribution in [0, 0.1) is 5.92 Å². The van der Waals surface area contributed by atoms with Crippen LogP contribution in [0.25, 0.3) is 0 Å². The molecule has 0 aromatic heterocycles. The van der Waals surface area contributed by atoms with Crippen LogP contribution < -0.4 is 5.32 Å². The Morgan fingerprint density at radius 1 is 1.31 bits per heavy atom. The zero-order chi connectivity index (χ0) is 20.8. The van der Waals surface area contributed by atoms with Crippen molar-refractivity contribution in [1.82, 2.24) is 15.1 Å². The minimum atomic E-state index is -0.510. The molecule has 0 bridgehead atoms. The fraction of sp³-hybridized carbons (Fsp3) is 0.333. The summed E-state index contributed by atoms with van der Waals surface area (Å²) in [7, 11) is 0. The Hall–Kier alpha value is -3.00. The van der Waals surface area contributed by atoms with Crippen LogP contribution in [0.2, 0.25) is 0 Å². The molecule has 0 spiro atoms. The molecule has 3 amide bonds. The molecule has 0 aliphatic carbocycles. The van der Waals surface area contributed by atoms with Crippen LogP contribution in [0.5, 0.6) is 0 Å². The second-order valence-electron chi connectivity index (χ2n) is 6.93. The van der Waals surface area contributed by atoms with Gasteiger partial charge in [-0.15, -0.1) is 6.58 Å². The maximum absolute atomic E-state index is 12.6. The first-order valence-corrected chi connectivity index (χ1v) is 9.86. The predicted octanol–water partition coefficient (Wildman–Crippen LogP) is 2.39. The molecular formula is C21H23N3O4S. The molecule has 1 aromatic rings. The average molecular weight is 413 g/mol. The SMILES string of the molecule is C=CCN1C(=O)/C(=C/C2CCCN(C(=O)OCc3ccccc3)C2)C(=O)NC1=S. The predicted molar refractivity (Wildman–Crippen MR) is 112 cm³/mol. The van der Waals surface area contributed by atoms with Crippen LogP contribution >= 0.6 is 12.2 Å². The van der Waals surface area contributed by atoms with Crippen molar-refractivity contribution >= 4 is 35.2 Å². The Balaban J connectivity index is 1.64. The van der Waals surface area contributed by atoms with Gasteiger partial charge in [-0.2, -0.15) is 0 Å². The number of benzene rings is 1. The van der Waals surface area contributed by atoms with Gasteiger partial charge in [0.15, 0.2) is 5.11 Å². The lowest BCUT2D eigenvalue weighted by atomic mass is 9.94. The third kappa shape index (κ3) is 5.08. The molecule has 2 heterocycles. The largest absolute Gasteiger partial charge is 0.445 e. The Bertz CT molecular complexity index is 853.